The molecule has 8 nitrogen and oxygen atoms in total. The number of carbonyl (C=O) groups is 4. The van der Waals surface area contributed by atoms with Crippen LogP contribution in [0.15, 0.2) is 24.3 Å². The molecule has 1 fully saturated rings. The van der Waals surface area contributed by atoms with Crippen LogP contribution in [-0.4, -0.2) is 42.9 Å². The molecule has 1 aromatic carbocycles. The van der Waals surface area contributed by atoms with Crippen LogP contribution in [0.4, 0.5) is 4.79 Å². The third-order valence-electron chi connectivity index (χ3n) is 4.90. The first kappa shape index (κ1) is 22.4. The van der Waals surface area contributed by atoms with Crippen molar-refractivity contribution in [3.8, 4) is 5.75 Å². The highest BCUT2D eigenvalue weighted by Crippen LogP contribution is 2.23. The number of hydrogen-bond donors (Lipinski definition) is 2. The zero-order valence-corrected chi connectivity index (χ0v) is 16.9. The van der Waals surface area contributed by atoms with Gasteiger partial charge in [-0.05, 0) is 43.0 Å². The maximum absolute atomic E-state index is 11.9. The van der Waals surface area contributed by atoms with Crippen LogP contribution in [0.5, 0.6) is 5.75 Å². The molecule has 29 heavy (non-hydrogen) atoms. The lowest BCUT2D eigenvalue weighted by atomic mass is 9.86. The minimum atomic E-state index is -0.741. The zero-order valence-electron chi connectivity index (χ0n) is 16.9. The molecule has 2 N–H and O–H groups in total. The van der Waals surface area contributed by atoms with Crippen LogP contribution in [0.25, 0.3) is 0 Å². The molecular weight excluding hydrogens is 376 g/mol. The molecule has 1 aromatic rings. The van der Waals surface area contributed by atoms with E-state index in [-0.39, 0.29) is 18.4 Å². The third-order valence-corrected chi connectivity index (χ3v) is 4.90. The zero-order chi connectivity index (χ0) is 21.2. The molecule has 0 radical (unpaired) electrons. The Balaban J connectivity index is 1.65. The molecule has 1 saturated carbocycles. The monoisotopic (exact) mass is 404 g/mol. The number of esters is 1. The number of carbonyl (C=O) groups excluding carboxylic acids is 4. The highest BCUT2D eigenvalue weighted by molar-refractivity contribution is 5.96. The Kier molecular flexibility index (Phi) is 8.64. The predicted octanol–water partition coefficient (Wildman–Crippen LogP) is 2.61. The fourth-order valence-electron chi connectivity index (χ4n) is 3.17. The Morgan fingerprint density at radius 1 is 1.03 bits per heavy atom. The third kappa shape index (κ3) is 7.56. The van der Waals surface area contributed by atoms with E-state index in [1.54, 1.807) is 31.2 Å². The molecule has 0 saturated heterocycles. The SMILES string of the molecule is CCC(=O)c1ccc(OCC(=O)OCC(=O)NC(=O)N[C@@H]2CCCC[C@@H]2C)cc1. The molecular formula is C21H28N2O6. The lowest BCUT2D eigenvalue weighted by Crippen LogP contribution is -2.48. The summed E-state index contributed by atoms with van der Waals surface area (Å²) >= 11 is 0. The molecule has 0 aromatic heterocycles. The number of benzene rings is 1. The summed E-state index contributed by atoms with van der Waals surface area (Å²) in [5, 5.41) is 4.95. The Hall–Kier alpha value is -2.90. The van der Waals surface area contributed by atoms with E-state index in [9.17, 15) is 19.2 Å². The molecule has 0 spiro atoms. The standard InChI is InChI=1S/C21H28N2O6/c1-3-18(24)15-8-10-16(11-9-15)28-13-20(26)29-12-19(25)23-21(27)22-17-7-5-4-6-14(17)2/h8-11,14,17H,3-7,12-13H2,1-2H3,(H2,22,23,25,27)/t14-,17+/m0/s1. The first-order valence-corrected chi connectivity index (χ1v) is 9.91. The van der Waals surface area contributed by atoms with Crippen molar-refractivity contribution in [2.45, 2.75) is 52.0 Å². The van der Waals surface area contributed by atoms with Gasteiger partial charge in [-0.15, -0.1) is 0 Å². The highest BCUT2D eigenvalue weighted by atomic mass is 16.6. The molecule has 0 heterocycles. The van der Waals surface area contributed by atoms with E-state index in [2.05, 4.69) is 17.6 Å². The van der Waals surface area contributed by atoms with Crippen molar-refractivity contribution in [2.75, 3.05) is 13.2 Å². The van der Waals surface area contributed by atoms with Crippen LogP contribution in [0.3, 0.4) is 0 Å². The summed E-state index contributed by atoms with van der Waals surface area (Å²) in [6, 6.07) is 5.87. The molecule has 3 amide bonds. The van der Waals surface area contributed by atoms with E-state index in [0.29, 0.717) is 23.7 Å². The van der Waals surface area contributed by atoms with Crippen LogP contribution in [-0.2, 0) is 14.3 Å². The quantitative estimate of drug-likeness (QED) is 0.509. The minimum absolute atomic E-state index is 0.0175. The first-order valence-electron chi connectivity index (χ1n) is 9.91. The van der Waals surface area contributed by atoms with Gasteiger partial charge in [-0.1, -0.05) is 26.7 Å². The molecule has 1 aliphatic rings. The van der Waals surface area contributed by atoms with Crippen molar-refractivity contribution < 1.29 is 28.7 Å². The molecule has 2 rings (SSSR count). The molecule has 2 atom stereocenters. The first-order chi connectivity index (χ1) is 13.9. The summed E-state index contributed by atoms with van der Waals surface area (Å²) in [5.41, 5.74) is 0.569. The smallest absolute Gasteiger partial charge is 0.344 e. The lowest BCUT2D eigenvalue weighted by Gasteiger charge is -2.29. The summed E-state index contributed by atoms with van der Waals surface area (Å²) < 4.78 is 10.1. The van der Waals surface area contributed by atoms with E-state index in [1.807, 2.05) is 0 Å². The van der Waals surface area contributed by atoms with Crippen molar-refractivity contribution in [1.82, 2.24) is 10.6 Å². The van der Waals surface area contributed by atoms with E-state index >= 15 is 0 Å². The maximum Gasteiger partial charge on any atom is 0.344 e. The van der Waals surface area contributed by atoms with Crippen LogP contribution in [0.1, 0.15) is 56.3 Å². The van der Waals surface area contributed by atoms with Gasteiger partial charge in [-0.2, -0.15) is 0 Å². The number of ether oxygens (including phenoxy) is 2. The van der Waals surface area contributed by atoms with Crippen molar-refractivity contribution in [1.29, 1.82) is 0 Å². The largest absolute Gasteiger partial charge is 0.482 e. The maximum atomic E-state index is 11.9. The Morgan fingerprint density at radius 3 is 2.38 bits per heavy atom. The number of amides is 3. The van der Waals surface area contributed by atoms with Gasteiger partial charge in [0.2, 0.25) is 0 Å². The summed E-state index contributed by atoms with van der Waals surface area (Å²) in [4.78, 5) is 46.9. The van der Waals surface area contributed by atoms with Gasteiger partial charge in [0, 0.05) is 18.0 Å². The average molecular weight is 404 g/mol. The average Bonchev–Trinajstić information content (AvgIpc) is 2.72. The van der Waals surface area contributed by atoms with Gasteiger partial charge >= 0.3 is 12.0 Å². The summed E-state index contributed by atoms with van der Waals surface area (Å²) in [6.45, 7) is 2.89. The minimum Gasteiger partial charge on any atom is -0.482 e. The lowest BCUT2D eigenvalue weighted by molar-refractivity contribution is -0.150. The fourth-order valence-corrected chi connectivity index (χ4v) is 3.17. The molecule has 1 aliphatic carbocycles. The Labute approximate surface area is 170 Å². The summed E-state index contributed by atoms with van der Waals surface area (Å²) in [7, 11) is 0. The summed E-state index contributed by atoms with van der Waals surface area (Å²) in [5.74, 6) is -0.658. The van der Waals surface area contributed by atoms with Crippen LogP contribution >= 0.6 is 0 Å². The summed E-state index contributed by atoms with van der Waals surface area (Å²) in [6.07, 6.45) is 4.56. The van der Waals surface area contributed by atoms with Crippen LogP contribution < -0.4 is 15.4 Å². The number of nitrogens with one attached hydrogen (secondary N) is 2. The number of ketones is 1. The second-order valence-corrected chi connectivity index (χ2v) is 7.14. The number of hydrogen-bond acceptors (Lipinski definition) is 6. The normalized spacial score (nSPS) is 18.4. The van der Waals surface area contributed by atoms with Crippen molar-refractivity contribution in [3.05, 3.63) is 29.8 Å². The van der Waals surface area contributed by atoms with Gasteiger partial charge < -0.3 is 14.8 Å². The van der Waals surface area contributed by atoms with Gasteiger partial charge in [0.05, 0.1) is 0 Å². The number of urea groups is 1. The second-order valence-electron chi connectivity index (χ2n) is 7.14. The number of imide groups is 1. The predicted molar refractivity (Wildman–Crippen MR) is 106 cm³/mol. The molecule has 0 unspecified atom stereocenters. The van der Waals surface area contributed by atoms with Crippen LogP contribution in [0.2, 0.25) is 0 Å². The van der Waals surface area contributed by atoms with Crippen molar-refractivity contribution in [3.63, 3.8) is 0 Å². The van der Waals surface area contributed by atoms with Gasteiger partial charge in [-0.3, -0.25) is 14.9 Å². The molecule has 0 bridgehead atoms. The molecule has 158 valence electrons. The molecule has 0 aliphatic heterocycles. The van der Waals surface area contributed by atoms with E-state index < -0.39 is 24.5 Å². The topological polar surface area (TPSA) is 111 Å². The fraction of sp³-hybridized carbons (Fsp3) is 0.524. The number of rotatable bonds is 8. The van der Waals surface area contributed by atoms with Gasteiger partial charge in [0.25, 0.3) is 5.91 Å². The van der Waals surface area contributed by atoms with E-state index in [0.717, 1.165) is 25.7 Å². The van der Waals surface area contributed by atoms with Crippen molar-refractivity contribution >= 4 is 23.7 Å². The Morgan fingerprint density at radius 2 is 1.72 bits per heavy atom. The van der Waals surface area contributed by atoms with Crippen molar-refractivity contribution in [2.24, 2.45) is 5.92 Å². The van der Waals surface area contributed by atoms with E-state index in [4.69, 9.17) is 9.47 Å². The number of Topliss-reactive ketones (excluding diaryl/α,β-unsaturated/α-hetero) is 1. The van der Waals surface area contributed by atoms with Gasteiger partial charge in [0.1, 0.15) is 5.75 Å². The van der Waals surface area contributed by atoms with Crippen LogP contribution in [0, 0.1) is 5.92 Å². The van der Waals surface area contributed by atoms with E-state index in [1.165, 1.54) is 0 Å². The highest BCUT2D eigenvalue weighted by Gasteiger charge is 2.23. The molecule has 8 heteroatoms. The Bertz CT molecular complexity index is 731. The second kappa shape index (κ2) is 11.2. The van der Waals surface area contributed by atoms with Gasteiger partial charge in [-0.25, -0.2) is 9.59 Å². The van der Waals surface area contributed by atoms with Gasteiger partial charge in [0.15, 0.2) is 19.0 Å².